The van der Waals surface area contributed by atoms with E-state index >= 15 is 0 Å². The minimum atomic E-state index is -0.00663. The first-order chi connectivity index (χ1) is 24.0. The van der Waals surface area contributed by atoms with E-state index in [1.165, 1.54) is 27.8 Å². The molecule has 0 unspecified atom stereocenters. The quantitative estimate of drug-likeness (QED) is 0.143. The van der Waals surface area contributed by atoms with Crippen molar-refractivity contribution in [3.8, 4) is 34.1 Å². The molecule has 51 heavy (non-hydrogen) atoms. The molecule has 0 spiro atoms. The van der Waals surface area contributed by atoms with Gasteiger partial charge in [0.2, 0.25) is 0 Å². The SMILES string of the molecule is CCc1cccc(CC)c1-c1c(C)nn(-c2[c-]c(Oc3[c-]c4c(cc3)c3ccccc3n4-c3cc(C(C)(C)C)ccn3)cc(C(C)C)c2)c1C.[Pt+2]. The van der Waals surface area contributed by atoms with Gasteiger partial charge >= 0.3 is 21.1 Å². The van der Waals surface area contributed by atoms with Crippen LogP contribution in [0.25, 0.3) is 44.4 Å². The molecule has 262 valence electrons. The van der Waals surface area contributed by atoms with Gasteiger partial charge in [0.1, 0.15) is 5.82 Å². The molecule has 7 aromatic rings. The van der Waals surface area contributed by atoms with Crippen molar-refractivity contribution in [3.05, 3.63) is 131 Å². The Kier molecular flexibility index (Phi) is 10.2. The smallest absolute Gasteiger partial charge is 0.509 e. The summed E-state index contributed by atoms with van der Waals surface area (Å²) in [6.07, 6.45) is 3.84. The summed E-state index contributed by atoms with van der Waals surface area (Å²) in [6, 6.07) is 35.0. The van der Waals surface area contributed by atoms with Crippen LogP contribution in [0.2, 0.25) is 0 Å². The predicted octanol–water partition coefficient (Wildman–Crippen LogP) is 11.6. The van der Waals surface area contributed by atoms with Crippen LogP contribution in [0.3, 0.4) is 0 Å². The van der Waals surface area contributed by atoms with E-state index in [0.29, 0.717) is 11.5 Å². The second kappa shape index (κ2) is 14.3. The van der Waals surface area contributed by atoms with Crippen molar-refractivity contribution in [2.24, 2.45) is 0 Å². The maximum atomic E-state index is 6.65. The van der Waals surface area contributed by atoms with E-state index in [-0.39, 0.29) is 32.4 Å². The van der Waals surface area contributed by atoms with Crippen LogP contribution in [0.5, 0.6) is 11.5 Å². The molecule has 0 saturated carbocycles. The van der Waals surface area contributed by atoms with Crippen LogP contribution >= 0.6 is 0 Å². The fraction of sp³-hybridized carbons (Fsp3) is 0.289. The molecule has 7 rings (SSSR count). The number of ether oxygens (including phenoxy) is 1. The summed E-state index contributed by atoms with van der Waals surface area (Å²) >= 11 is 0. The van der Waals surface area contributed by atoms with Crippen molar-refractivity contribution >= 4 is 21.8 Å². The third-order valence-corrected chi connectivity index (χ3v) is 9.90. The molecule has 0 radical (unpaired) electrons. The number of aromatic nitrogens is 4. The maximum absolute atomic E-state index is 6.65. The van der Waals surface area contributed by atoms with Gasteiger partial charge in [-0.2, -0.15) is 11.2 Å². The van der Waals surface area contributed by atoms with Crippen molar-refractivity contribution in [2.75, 3.05) is 0 Å². The molecule has 0 aliphatic heterocycles. The minimum Gasteiger partial charge on any atom is -0.509 e. The van der Waals surface area contributed by atoms with Crippen molar-refractivity contribution in [1.29, 1.82) is 0 Å². The predicted molar refractivity (Wildman–Crippen MR) is 206 cm³/mol. The van der Waals surface area contributed by atoms with Crippen molar-refractivity contribution in [1.82, 2.24) is 19.3 Å². The summed E-state index contributed by atoms with van der Waals surface area (Å²) in [6.45, 7) is 19.8. The Morgan fingerprint density at radius 1 is 0.784 bits per heavy atom. The number of fused-ring (bicyclic) bond motifs is 3. The average Bonchev–Trinajstić information content (AvgIpc) is 3.59. The Bertz CT molecular complexity index is 2350. The Hall–Kier alpha value is -4.47. The maximum Gasteiger partial charge on any atom is 2.00 e. The van der Waals surface area contributed by atoms with Crippen LogP contribution in [-0.2, 0) is 39.3 Å². The summed E-state index contributed by atoms with van der Waals surface area (Å²) in [4.78, 5) is 4.83. The van der Waals surface area contributed by atoms with Crippen molar-refractivity contribution in [2.45, 2.75) is 86.5 Å². The molecule has 0 bridgehead atoms. The van der Waals surface area contributed by atoms with Crippen LogP contribution < -0.4 is 4.74 Å². The van der Waals surface area contributed by atoms with Gasteiger partial charge in [-0.15, -0.1) is 41.3 Å². The molecule has 0 aliphatic carbocycles. The Morgan fingerprint density at radius 3 is 2.20 bits per heavy atom. The van der Waals surface area contributed by atoms with Crippen LogP contribution in [0, 0.1) is 26.0 Å². The largest absolute Gasteiger partial charge is 2.00 e. The Morgan fingerprint density at radius 2 is 1.51 bits per heavy atom. The van der Waals surface area contributed by atoms with Crippen LogP contribution in [0.1, 0.15) is 88.0 Å². The molecule has 0 aliphatic rings. The topological polar surface area (TPSA) is 44.9 Å². The van der Waals surface area contributed by atoms with Gasteiger partial charge in [0, 0.05) is 34.5 Å². The fourth-order valence-electron chi connectivity index (χ4n) is 7.15. The number of nitrogens with zero attached hydrogens (tertiary/aromatic N) is 4. The number of benzene rings is 4. The van der Waals surface area contributed by atoms with E-state index in [1.54, 1.807) is 0 Å². The molecule has 3 aromatic heterocycles. The molecular weight excluding hydrogens is 808 g/mol. The van der Waals surface area contributed by atoms with E-state index in [1.807, 2.05) is 16.9 Å². The molecule has 0 N–H and O–H groups in total. The van der Waals surface area contributed by atoms with Gasteiger partial charge in [0.25, 0.3) is 0 Å². The Labute approximate surface area is 317 Å². The summed E-state index contributed by atoms with van der Waals surface area (Å²) in [5, 5.41) is 7.36. The van der Waals surface area contributed by atoms with Crippen LogP contribution in [0.15, 0.2) is 85.1 Å². The average molecular weight is 854 g/mol. The summed E-state index contributed by atoms with van der Waals surface area (Å²) in [5.74, 6) is 2.40. The van der Waals surface area contributed by atoms with Crippen LogP contribution in [0.4, 0.5) is 0 Å². The van der Waals surface area contributed by atoms with Crippen LogP contribution in [-0.4, -0.2) is 19.3 Å². The molecular formula is C45H46N4OPt. The van der Waals surface area contributed by atoms with Crippen molar-refractivity contribution in [3.63, 3.8) is 0 Å². The first-order valence-electron chi connectivity index (χ1n) is 17.8. The number of hydrogen-bond acceptors (Lipinski definition) is 3. The monoisotopic (exact) mass is 853 g/mol. The molecule has 0 saturated heterocycles. The third kappa shape index (κ3) is 6.69. The number of rotatable bonds is 8. The molecule has 0 fully saturated rings. The third-order valence-electron chi connectivity index (χ3n) is 9.90. The zero-order valence-corrected chi connectivity index (χ0v) is 33.4. The van der Waals surface area contributed by atoms with Gasteiger partial charge in [-0.3, -0.25) is 4.68 Å². The van der Waals surface area contributed by atoms with E-state index in [9.17, 15) is 0 Å². The van der Waals surface area contributed by atoms with Gasteiger partial charge in [0.05, 0.1) is 5.69 Å². The van der Waals surface area contributed by atoms with Crippen molar-refractivity contribution < 1.29 is 25.8 Å². The number of hydrogen-bond donors (Lipinski definition) is 0. The minimum absolute atomic E-state index is 0. The van der Waals surface area contributed by atoms with E-state index in [2.05, 4.69) is 152 Å². The number of pyridine rings is 1. The normalized spacial score (nSPS) is 11.8. The molecule has 0 atom stereocenters. The molecule has 4 aromatic carbocycles. The van der Waals surface area contributed by atoms with Gasteiger partial charge in [0.15, 0.2) is 0 Å². The zero-order valence-electron chi connectivity index (χ0n) is 31.1. The first kappa shape index (κ1) is 36.3. The number of para-hydroxylation sites is 1. The number of aryl methyl sites for hydroxylation is 3. The van der Waals surface area contributed by atoms with Gasteiger partial charge < -0.3 is 9.30 Å². The molecule has 5 nitrogen and oxygen atoms in total. The standard InChI is InChI=1S/C45H46N4O.Pt/c1-10-31-15-14-16-32(11-2)44(31)43-29(5)47-49(30(43)6)35-23-33(28(3)4)24-37(26-35)50-36-19-20-39-38-17-12-13-18-40(38)48(41(39)27-36)42-25-34(21-22-46-42)45(7,8)9;/h12-25,28H,10-11H2,1-9H3;/q-2;+2. The van der Waals surface area contributed by atoms with Gasteiger partial charge in [-0.25, -0.2) is 4.98 Å². The summed E-state index contributed by atoms with van der Waals surface area (Å²) in [7, 11) is 0. The molecule has 0 amide bonds. The molecule has 6 heteroatoms. The fourth-order valence-corrected chi connectivity index (χ4v) is 7.15. The first-order valence-corrected chi connectivity index (χ1v) is 17.8. The summed E-state index contributed by atoms with van der Waals surface area (Å²) in [5.41, 5.74) is 12.6. The van der Waals surface area contributed by atoms with E-state index in [4.69, 9.17) is 14.8 Å². The van der Waals surface area contributed by atoms with Gasteiger partial charge in [-0.05, 0) is 89.5 Å². The van der Waals surface area contributed by atoms with E-state index < -0.39 is 0 Å². The second-order valence-corrected chi connectivity index (χ2v) is 14.6. The summed E-state index contributed by atoms with van der Waals surface area (Å²) < 4.78 is 10.9. The van der Waals surface area contributed by atoms with E-state index in [0.717, 1.165) is 63.1 Å². The Balaban J connectivity index is 0.00000448. The zero-order chi connectivity index (χ0) is 35.3. The van der Waals surface area contributed by atoms with Gasteiger partial charge in [-0.1, -0.05) is 90.4 Å². The second-order valence-electron chi connectivity index (χ2n) is 14.6. The molecule has 3 heterocycles.